The molecule has 7 nitrogen and oxygen atoms in total. The van der Waals surface area contributed by atoms with Gasteiger partial charge in [0.1, 0.15) is 5.75 Å². The highest BCUT2D eigenvalue weighted by Gasteiger charge is 2.43. The van der Waals surface area contributed by atoms with Gasteiger partial charge in [-0.3, -0.25) is 14.8 Å². The normalized spacial score (nSPS) is 19.5. The molecule has 2 aliphatic heterocycles. The highest BCUT2D eigenvalue weighted by atomic mass is 16.5. The lowest BCUT2D eigenvalue weighted by atomic mass is 9.86. The van der Waals surface area contributed by atoms with Crippen molar-refractivity contribution < 1.29 is 9.53 Å². The molecular formula is C32H31N5O2. The molecule has 0 saturated carbocycles. The van der Waals surface area contributed by atoms with E-state index in [-0.39, 0.29) is 11.3 Å². The Morgan fingerprint density at radius 2 is 1.82 bits per heavy atom. The number of carbonyl (C=O) groups is 1. The molecule has 0 radical (unpaired) electrons. The Hall–Kier alpha value is -4.23. The molecule has 5 heterocycles. The number of nitrogens with zero attached hydrogens (tertiary/aromatic N) is 4. The number of carbonyl (C=O) groups excluding carboxylic acids is 1. The van der Waals surface area contributed by atoms with Crippen LogP contribution in [-0.4, -0.2) is 71.0 Å². The van der Waals surface area contributed by atoms with Crippen LogP contribution in [0.2, 0.25) is 0 Å². The van der Waals surface area contributed by atoms with E-state index in [0.717, 1.165) is 88.1 Å². The highest BCUT2D eigenvalue weighted by Crippen LogP contribution is 2.42. The van der Waals surface area contributed by atoms with Crippen LogP contribution in [0, 0.1) is 5.41 Å². The number of aromatic nitrogens is 3. The standard InChI is InChI=1S/C32H31N5O2/c1-36-14-11-32(19-36)12-15-37(20-32)31(38)22-7-5-21(6-8-22)29-28(39-2)10-9-25-30(29)24-16-26(34-18-27(24)35-25)23-4-3-13-33-17-23/h3-10,13,16-18,35H,11-12,14-15,19-20H2,1-2H3. The van der Waals surface area contributed by atoms with E-state index >= 15 is 0 Å². The van der Waals surface area contributed by atoms with Crippen LogP contribution < -0.4 is 4.74 Å². The van der Waals surface area contributed by atoms with Gasteiger partial charge in [0.25, 0.3) is 5.91 Å². The minimum atomic E-state index is 0.123. The van der Waals surface area contributed by atoms with E-state index in [1.165, 1.54) is 6.42 Å². The van der Waals surface area contributed by atoms with Crippen molar-refractivity contribution in [1.82, 2.24) is 24.8 Å². The molecule has 1 spiro atoms. The Kier molecular flexibility index (Phi) is 5.63. The number of likely N-dealkylation sites (tertiary alicyclic amines) is 2. The van der Waals surface area contributed by atoms with Crippen LogP contribution >= 0.6 is 0 Å². The van der Waals surface area contributed by atoms with Gasteiger partial charge in [-0.1, -0.05) is 12.1 Å². The number of H-pyrrole nitrogens is 1. The summed E-state index contributed by atoms with van der Waals surface area (Å²) in [4.78, 5) is 30.3. The number of benzene rings is 2. The average Bonchev–Trinajstić information content (AvgIpc) is 3.68. The molecule has 0 aliphatic carbocycles. The third kappa shape index (κ3) is 4.05. The third-order valence-corrected chi connectivity index (χ3v) is 8.56. The van der Waals surface area contributed by atoms with Crippen molar-refractivity contribution in [3.8, 4) is 28.1 Å². The molecule has 2 fully saturated rings. The van der Waals surface area contributed by atoms with Crippen LogP contribution in [-0.2, 0) is 0 Å². The lowest BCUT2D eigenvalue weighted by Gasteiger charge is -2.24. The van der Waals surface area contributed by atoms with Crippen molar-refractivity contribution in [2.75, 3.05) is 40.3 Å². The number of rotatable bonds is 4. The maximum absolute atomic E-state index is 13.4. The van der Waals surface area contributed by atoms with Gasteiger partial charge in [-0.25, -0.2) is 0 Å². The number of nitrogens with one attached hydrogen (secondary N) is 1. The summed E-state index contributed by atoms with van der Waals surface area (Å²) in [6.45, 7) is 3.90. The summed E-state index contributed by atoms with van der Waals surface area (Å²) in [5, 5.41) is 2.14. The Morgan fingerprint density at radius 3 is 2.56 bits per heavy atom. The minimum absolute atomic E-state index is 0.123. The first-order valence-electron chi connectivity index (χ1n) is 13.5. The molecule has 1 unspecified atom stereocenters. The van der Waals surface area contributed by atoms with Crippen molar-refractivity contribution in [2.45, 2.75) is 12.8 Å². The Balaban J connectivity index is 1.26. The molecule has 1 N–H and O–H groups in total. The summed E-state index contributed by atoms with van der Waals surface area (Å²) < 4.78 is 5.84. The van der Waals surface area contributed by atoms with Crippen molar-refractivity contribution in [3.05, 3.63) is 78.8 Å². The Morgan fingerprint density at radius 1 is 0.974 bits per heavy atom. The highest BCUT2D eigenvalue weighted by molar-refractivity contribution is 6.16. The van der Waals surface area contributed by atoms with Crippen molar-refractivity contribution in [3.63, 3.8) is 0 Å². The number of amides is 1. The van der Waals surface area contributed by atoms with E-state index in [1.54, 1.807) is 13.3 Å². The molecule has 3 aromatic heterocycles. The third-order valence-electron chi connectivity index (χ3n) is 8.56. The number of hydrogen-bond donors (Lipinski definition) is 1. The fourth-order valence-corrected chi connectivity index (χ4v) is 6.57. The van der Waals surface area contributed by atoms with E-state index in [9.17, 15) is 4.79 Å². The molecule has 1 atom stereocenters. The number of hydrogen-bond acceptors (Lipinski definition) is 5. The molecule has 2 aromatic carbocycles. The number of fused-ring (bicyclic) bond motifs is 3. The molecule has 2 aliphatic rings. The molecule has 39 heavy (non-hydrogen) atoms. The molecule has 7 heteroatoms. The van der Waals surface area contributed by atoms with Gasteiger partial charge in [0.2, 0.25) is 0 Å². The quantitative estimate of drug-likeness (QED) is 0.335. The zero-order chi connectivity index (χ0) is 26.6. The summed E-state index contributed by atoms with van der Waals surface area (Å²) in [5.41, 5.74) is 6.80. The Labute approximate surface area is 227 Å². The maximum atomic E-state index is 13.4. The topological polar surface area (TPSA) is 74.3 Å². The molecule has 196 valence electrons. The summed E-state index contributed by atoms with van der Waals surface area (Å²) in [6, 6.07) is 18.1. The summed E-state index contributed by atoms with van der Waals surface area (Å²) in [6.07, 6.45) is 7.74. The van der Waals surface area contributed by atoms with Crippen LogP contribution in [0.1, 0.15) is 23.2 Å². The van der Waals surface area contributed by atoms with E-state index in [0.29, 0.717) is 0 Å². The SMILES string of the molecule is COc1ccc2[nH]c3cnc(-c4cccnc4)cc3c2c1-c1ccc(C(=O)N2CCC3(CCN(C)C3)C2)cc1. The maximum Gasteiger partial charge on any atom is 0.253 e. The molecule has 2 saturated heterocycles. The molecule has 1 amide bonds. The first-order chi connectivity index (χ1) is 19.0. The average molecular weight is 518 g/mol. The van der Waals surface area contributed by atoms with Crippen LogP contribution in [0.4, 0.5) is 0 Å². The molecular weight excluding hydrogens is 486 g/mol. The number of aromatic amines is 1. The molecule has 0 bridgehead atoms. The van der Waals surface area contributed by atoms with Gasteiger partial charge in [0.05, 0.1) is 24.5 Å². The predicted octanol–water partition coefficient (Wildman–Crippen LogP) is 5.62. The summed E-state index contributed by atoms with van der Waals surface area (Å²) in [7, 11) is 3.88. The molecule has 5 aromatic rings. The van der Waals surface area contributed by atoms with Crippen LogP contribution in [0.25, 0.3) is 44.2 Å². The second kappa shape index (κ2) is 9.20. The number of methoxy groups -OCH3 is 1. The minimum Gasteiger partial charge on any atom is -0.496 e. The predicted molar refractivity (Wildman–Crippen MR) is 154 cm³/mol. The lowest BCUT2D eigenvalue weighted by Crippen LogP contribution is -2.33. The van der Waals surface area contributed by atoms with Gasteiger partial charge in [0.15, 0.2) is 0 Å². The fraction of sp³-hybridized carbons (Fsp3) is 0.281. The van der Waals surface area contributed by atoms with Crippen LogP contribution in [0.5, 0.6) is 5.75 Å². The lowest BCUT2D eigenvalue weighted by molar-refractivity contribution is 0.0774. The zero-order valence-electron chi connectivity index (χ0n) is 22.3. The second-order valence-corrected chi connectivity index (χ2v) is 11.1. The van der Waals surface area contributed by atoms with Gasteiger partial charge in [-0.05, 0) is 74.5 Å². The Bertz CT molecular complexity index is 1700. The van der Waals surface area contributed by atoms with Crippen LogP contribution in [0.15, 0.2) is 73.2 Å². The largest absolute Gasteiger partial charge is 0.496 e. The first-order valence-corrected chi connectivity index (χ1v) is 13.5. The van der Waals surface area contributed by atoms with E-state index in [1.807, 2.05) is 65.8 Å². The monoisotopic (exact) mass is 517 g/mol. The van der Waals surface area contributed by atoms with Gasteiger partial charge in [-0.15, -0.1) is 0 Å². The van der Waals surface area contributed by atoms with Gasteiger partial charge in [0, 0.05) is 70.4 Å². The van der Waals surface area contributed by atoms with Gasteiger partial charge >= 0.3 is 0 Å². The molecule has 7 rings (SSSR count). The van der Waals surface area contributed by atoms with E-state index in [4.69, 9.17) is 4.74 Å². The summed E-state index contributed by atoms with van der Waals surface area (Å²) >= 11 is 0. The first kappa shape index (κ1) is 23.9. The van der Waals surface area contributed by atoms with Crippen LogP contribution in [0.3, 0.4) is 0 Å². The summed E-state index contributed by atoms with van der Waals surface area (Å²) in [5.74, 6) is 0.909. The second-order valence-electron chi connectivity index (χ2n) is 11.1. The number of pyridine rings is 2. The fourth-order valence-electron chi connectivity index (χ4n) is 6.57. The number of ether oxygens (including phenoxy) is 1. The van der Waals surface area contributed by atoms with Gasteiger partial charge in [-0.2, -0.15) is 0 Å². The van der Waals surface area contributed by atoms with Crippen molar-refractivity contribution in [2.24, 2.45) is 5.41 Å². The van der Waals surface area contributed by atoms with E-state index in [2.05, 4.69) is 33.0 Å². The van der Waals surface area contributed by atoms with E-state index < -0.39 is 0 Å². The zero-order valence-corrected chi connectivity index (χ0v) is 22.3. The van der Waals surface area contributed by atoms with Crippen molar-refractivity contribution in [1.29, 1.82) is 0 Å². The van der Waals surface area contributed by atoms with Gasteiger partial charge < -0.3 is 19.5 Å². The smallest absolute Gasteiger partial charge is 0.253 e. The van der Waals surface area contributed by atoms with Crippen molar-refractivity contribution >= 4 is 27.7 Å².